The Morgan fingerprint density at radius 3 is 2.50 bits per heavy atom. The molecule has 1 aliphatic rings. The summed E-state index contributed by atoms with van der Waals surface area (Å²) in [6, 6.07) is 10.5. The predicted molar refractivity (Wildman–Crippen MR) is 86.2 cm³/mol. The van der Waals surface area contributed by atoms with E-state index in [1.54, 1.807) is 25.1 Å². The first-order valence-corrected chi connectivity index (χ1v) is 7.40. The molecule has 3 rings (SSSR count). The van der Waals surface area contributed by atoms with E-state index < -0.39 is 12.6 Å². The minimum atomic E-state index is -0.644. The molecule has 0 aliphatic carbocycles. The second kappa shape index (κ2) is 6.16. The van der Waals surface area contributed by atoms with Crippen LogP contribution in [0.1, 0.15) is 39.1 Å². The topological polar surface area (TPSA) is 92.7 Å². The molecule has 2 aromatic rings. The standard InChI is InChI=1S/C18H15NO5/c1-10-14-8-12(4-7-15(14)19-17(10)22)16(21)9-24-18(23)11-2-5-13(20)6-3-11/h2-8,10,20H,9H2,1H3,(H,19,22)/t10-/m1/s1. The van der Waals surface area contributed by atoms with Crippen LogP contribution in [-0.2, 0) is 9.53 Å². The summed E-state index contributed by atoms with van der Waals surface area (Å²) in [5, 5.41) is 11.9. The summed E-state index contributed by atoms with van der Waals surface area (Å²) in [5.74, 6) is -1.37. The second-order valence-corrected chi connectivity index (χ2v) is 5.56. The van der Waals surface area contributed by atoms with Crippen LogP contribution in [0.2, 0.25) is 0 Å². The van der Waals surface area contributed by atoms with E-state index in [1.165, 1.54) is 24.3 Å². The fourth-order valence-corrected chi connectivity index (χ4v) is 2.49. The van der Waals surface area contributed by atoms with Crippen LogP contribution in [0.15, 0.2) is 42.5 Å². The molecule has 6 heteroatoms. The first kappa shape index (κ1) is 15.7. The van der Waals surface area contributed by atoms with Crippen molar-refractivity contribution in [2.75, 3.05) is 11.9 Å². The van der Waals surface area contributed by atoms with Crippen LogP contribution in [0.3, 0.4) is 0 Å². The lowest BCUT2D eigenvalue weighted by Crippen LogP contribution is -2.14. The van der Waals surface area contributed by atoms with Gasteiger partial charge in [0, 0.05) is 11.3 Å². The molecule has 0 radical (unpaired) electrons. The summed E-state index contributed by atoms with van der Waals surface area (Å²) < 4.78 is 5.00. The number of fused-ring (bicyclic) bond motifs is 1. The molecule has 1 heterocycles. The van der Waals surface area contributed by atoms with Crippen LogP contribution >= 0.6 is 0 Å². The van der Waals surface area contributed by atoms with Crippen LogP contribution < -0.4 is 5.32 Å². The lowest BCUT2D eigenvalue weighted by molar-refractivity contribution is -0.116. The Morgan fingerprint density at radius 2 is 1.79 bits per heavy atom. The number of phenols is 1. The number of amides is 1. The van der Waals surface area contributed by atoms with E-state index in [-0.39, 0.29) is 28.9 Å². The van der Waals surface area contributed by atoms with E-state index in [0.29, 0.717) is 11.3 Å². The van der Waals surface area contributed by atoms with Crippen molar-refractivity contribution in [2.45, 2.75) is 12.8 Å². The molecule has 0 unspecified atom stereocenters. The molecule has 2 N–H and O–H groups in total. The summed E-state index contributed by atoms with van der Waals surface area (Å²) in [4.78, 5) is 35.7. The predicted octanol–water partition coefficient (Wildman–Crippen LogP) is 2.49. The highest BCUT2D eigenvalue weighted by Crippen LogP contribution is 2.32. The Kier molecular flexibility index (Phi) is 4.04. The smallest absolute Gasteiger partial charge is 0.338 e. The molecule has 24 heavy (non-hydrogen) atoms. The van der Waals surface area contributed by atoms with Gasteiger partial charge in [0.2, 0.25) is 5.91 Å². The number of rotatable bonds is 4. The SMILES string of the molecule is C[C@H]1C(=O)Nc2ccc(C(=O)COC(=O)c3ccc(O)cc3)cc21. The van der Waals surface area contributed by atoms with E-state index in [2.05, 4.69) is 5.32 Å². The number of esters is 1. The van der Waals surface area contributed by atoms with Gasteiger partial charge in [-0.25, -0.2) is 4.79 Å². The number of anilines is 1. The Bertz CT molecular complexity index is 826. The number of carbonyl (C=O) groups is 3. The zero-order valence-corrected chi connectivity index (χ0v) is 12.9. The van der Waals surface area contributed by atoms with Crippen LogP contribution in [0, 0.1) is 0 Å². The second-order valence-electron chi connectivity index (χ2n) is 5.56. The third-order valence-electron chi connectivity index (χ3n) is 3.93. The normalized spacial score (nSPS) is 15.5. The number of hydrogen-bond donors (Lipinski definition) is 2. The van der Waals surface area contributed by atoms with Crippen molar-refractivity contribution in [3.63, 3.8) is 0 Å². The first-order valence-electron chi connectivity index (χ1n) is 7.40. The monoisotopic (exact) mass is 325 g/mol. The minimum absolute atomic E-state index is 0.0399. The molecule has 0 fully saturated rings. The maximum absolute atomic E-state index is 12.2. The van der Waals surface area contributed by atoms with E-state index >= 15 is 0 Å². The van der Waals surface area contributed by atoms with Crippen LogP contribution in [0.4, 0.5) is 5.69 Å². The largest absolute Gasteiger partial charge is 0.508 e. The average molecular weight is 325 g/mol. The van der Waals surface area contributed by atoms with Gasteiger partial charge in [-0.05, 0) is 55.0 Å². The summed E-state index contributed by atoms with van der Waals surface area (Å²) in [6.45, 7) is 1.37. The van der Waals surface area contributed by atoms with Gasteiger partial charge in [-0.2, -0.15) is 0 Å². The van der Waals surface area contributed by atoms with Crippen molar-refractivity contribution in [1.29, 1.82) is 0 Å². The molecule has 1 aliphatic heterocycles. The molecule has 0 spiro atoms. The molecule has 1 amide bonds. The summed E-state index contributed by atoms with van der Waals surface area (Å²) in [6.07, 6.45) is 0. The zero-order valence-electron chi connectivity index (χ0n) is 12.9. The van der Waals surface area contributed by atoms with Gasteiger partial charge in [0.15, 0.2) is 12.4 Å². The van der Waals surface area contributed by atoms with Gasteiger partial charge in [-0.1, -0.05) is 0 Å². The van der Waals surface area contributed by atoms with Gasteiger partial charge in [-0.15, -0.1) is 0 Å². The summed E-state index contributed by atoms with van der Waals surface area (Å²) in [5.41, 5.74) is 2.09. The van der Waals surface area contributed by atoms with E-state index in [1.807, 2.05) is 0 Å². The third-order valence-corrected chi connectivity index (χ3v) is 3.93. The van der Waals surface area contributed by atoms with Gasteiger partial charge >= 0.3 is 5.97 Å². The Labute approximate surface area is 138 Å². The third kappa shape index (κ3) is 2.99. The van der Waals surface area contributed by atoms with Crippen molar-refractivity contribution in [2.24, 2.45) is 0 Å². The molecule has 0 saturated carbocycles. The van der Waals surface area contributed by atoms with Crippen molar-refractivity contribution >= 4 is 23.3 Å². The Hall–Kier alpha value is -3.15. The van der Waals surface area contributed by atoms with Gasteiger partial charge < -0.3 is 15.2 Å². The highest BCUT2D eigenvalue weighted by Gasteiger charge is 2.27. The molecule has 122 valence electrons. The molecule has 0 aromatic heterocycles. The van der Waals surface area contributed by atoms with Crippen LogP contribution in [0.25, 0.3) is 0 Å². The molecule has 1 atom stereocenters. The number of Topliss-reactive ketones (excluding diaryl/α,β-unsaturated/α-hetero) is 1. The van der Waals surface area contributed by atoms with Crippen molar-refractivity contribution < 1.29 is 24.2 Å². The number of carbonyl (C=O) groups excluding carboxylic acids is 3. The molecular formula is C18H15NO5. The number of ketones is 1. The molecule has 6 nitrogen and oxygen atoms in total. The minimum Gasteiger partial charge on any atom is -0.508 e. The van der Waals surface area contributed by atoms with Gasteiger partial charge in [0.25, 0.3) is 0 Å². The quantitative estimate of drug-likeness (QED) is 0.665. The van der Waals surface area contributed by atoms with Crippen LogP contribution in [-0.4, -0.2) is 29.4 Å². The first-order chi connectivity index (χ1) is 11.5. The molecular weight excluding hydrogens is 310 g/mol. The van der Waals surface area contributed by atoms with Gasteiger partial charge in [0.05, 0.1) is 11.5 Å². The number of nitrogens with one attached hydrogen (secondary N) is 1. The van der Waals surface area contributed by atoms with Gasteiger partial charge in [-0.3, -0.25) is 9.59 Å². The van der Waals surface area contributed by atoms with E-state index in [0.717, 1.165) is 5.56 Å². The van der Waals surface area contributed by atoms with Crippen LogP contribution in [0.5, 0.6) is 5.75 Å². The maximum atomic E-state index is 12.2. The van der Waals surface area contributed by atoms with E-state index in [9.17, 15) is 19.5 Å². The number of phenolic OH excluding ortho intramolecular Hbond substituents is 1. The fourth-order valence-electron chi connectivity index (χ4n) is 2.49. The molecule has 0 saturated heterocycles. The molecule has 0 bridgehead atoms. The Morgan fingerprint density at radius 1 is 1.12 bits per heavy atom. The lowest BCUT2D eigenvalue weighted by atomic mass is 9.99. The summed E-state index contributed by atoms with van der Waals surface area (Å²) in [7, 11) is 0. The maximum Gasteiger partial charge on any atom is 0.338 e. The lowest BCUT2D eigenvalue weighted by Gasteiger charge is -2.07. The van der Waals surface area contributed by atoms with Crippen molar-refractivity contribution in [1.82, 2.24) is 0 Å². The highest BCUT2D eigenvalue weighted by molar-refractivity contribution is 6.05. The number of benzene rings is 2. The number of aromatic hydroxyl groups is 1. The van der Waals surface area contributed by atoms with Crippen molar-refractivity contribution in [3.05, 3.63) is 59.2 Å². The number of hydrogen-bond acceptors (Lipinski definition) is 5. The highest BCUT2D eigenvalue weighted by atomic mass is 16.5. The average Bonchev–Trinajstić information content (AvgIpc) is 2.87. The summed E-state index contributed by atoms with van der Waals surface area (Å²) >= 11 is 0. The molecule has 2 aromatic carbocycles. The Balaban J connectivity index is 1.67. The fraction of sp³-hybridized carbons (Fsp3) is 0.167. The van der Waals surface area contributed by atoms with E-state index in [4.69, 9.17) is 4.74 Å². The van der Waals surface area contributed by atoms with Crippen molar-refractivity contribution in [3.8, 4) is 5.75 Å². The van der Waals surface area contributed by atoms with Gasteiger partial charge in [0.1, 0.15) is 5.75 Å². The number of ether oxygens (including phenoxy) is 1. The zero-order chi connectivity index (χ0) is 17.3.